The first-order chi connectivity index (χ1) is 22.8. The number of carbonyl (C=O) groups is 1. The summed E-state index contributed by atoms with van der Waals surface area (Å²) in [4.78, 5) is 26.3. The summed E-state index contributed by atoms with van der Waals surface area (Å²) in [6.45, 7) is 8.71. The van der Waals surface area contributed by atoms with Crippen LogP contribution in [0, 0.1) is 10.8 Å². The summed E-state index contributed by atoms with van der Waals surface area (Å²) in [5, 5.41) is 0.260. The Hall–Kier alpha value is -3.78. The van der Waals surface area contributed by atoms with Gasteiger partial charge >= 0.3 is 24.1 Å². The van der Waals surface area contributed by atoms with Crippen LogP contribution in [0.5, 0.6) is 11.5 Å². The van der Waals surface area contributed by atoms with E-state index in [4.69, 9.17) is 25.4 Å². The molecule has 0 spiro atoms. The van der Waals surface area contributed by atoms with E-state index < -0.39 is 65.0 Å². The Morgan fingerprint density at radius 2 is 1.50 bits per heavy atom. The predicted molar refractivity (Wildman–Crippen MR) is 178 cm³/mol. The molecule has 2 atom stereocenters. The Labute approximate surface area is 287 Å². The number of ether oxygens (including phenoxy) is 3. The number of nitrogens with two attached hydrogens (primary N) is 2. The highest BCUT2D eigenvalue weighted by atomic mass is 19.4. The van der Waals surface area contributed by atoms with Crippen LogP contribution in [0.15, 0.2) is 51.7 Å². The van der Waals surface area contributed by atoms with E-state index >= 15 is 0 Å². The first-order valence-electron chi connectivity index (χ1n) is 16.2. The number of esters is 1. The van der Waals surface area contributed by atoms with Gasteiger partial charge in [-0.3, -0.25) is 4.79 Å². The fourth-order valence-electron chi connectivity index (χ4n) is 5.41. The fraction of sp³-hybridized carbons (Fsp3) is 0.556. The number of unbranched alkanes of at least 4 members (excludes halogenated alkanes) is 2. The second-order valence-corrected chi connectivity index (χ2v) is 14.6. The van der Waals surface area contributed by atoms with Crippen LogP contribution in [-0.2, 0) is 16.0 Å². The summed E-state index contributed by atoms with van der Waals surface area (Å²) in [6.07, 6.45) is -6.77. The second kappa shape index (κ2) is 14.8. The van der Waals surface area contributed by atoms with Crippen molar-refractivity contribution in [3.05, 3.63) is 58.4 Å². The molecule has 0 saturated carbocycles. The summed E-state index contributed by atoms with van der Waals surface area (Å²) < 4.78 is 103. The molecule has 1 unspecified atom stereocenters. The number of aryl methyl sites for hydroxylation is 1. The minimum atomic E-state index is -5.02. The van der Waals surface area contributed by atoms with E-state index in [1.807, 2.05) is 6.92 Å². The molecule has 0 bridgehead atoms. The summed E-state index contributed by atoms with van der Waals surface area (Å²) in [5.41, 5.74) is 5.37. The monoisotopic (exact) mass is 716 g/mol. The SMILES string of the molecule is CCCCCc1ccc(-c2cc3ccc(OC[C@](C)(COC(=O)C(C)(CC(C)(C)N)C(C)(C)N)C(F)(F)F)cc3oc2=O)c(OC(F)(F)F)c1. The molecule has 0 aliphatic heterocycles. The second-order valence-electron chi connectivity index (χ2n) is 14.6. The summed E-state index contributed by atoms with van der Waals surface area (Å²) in [5.74, 6) is -1.62. The number of hydrogen-bond donors (Lipinski definition) is 2. The molecule has 0 aliphatic carbocycles. The van der Waals surface area contributed by atoms with Crippen molar-refractivity contribution in [1.82, 2.24) is 0 Å². The molecule has 1 aromatic heterocycles. The highest BCUT2D eigenvalue weighted by Gasteiger charge is 2.55. The van der Waals surface area contributed by atoms with Crippen LogP contribution in [0.4, 0.5) is 26.3 Å². The van der Waals surface area contributed by atoms with Crippen molar-refractivity contribution in [1.29, 1.82) is 0 Å². The number of fused-ring (bicyclic) bond motifs is 1. The topological polar surface area (TPSA) is 127 Å². The third-order valence-corrected chi connectivity index (χ3v) is 8.78. The third kappa shape index (κ3) is 10.1. The van der Waals surface area contributed by atoms with Crippen LogP contribution in [0.2, 0.25) is 0 Å². The van der Waals surface area contributed by atoms with E-state index in [1.54, 1.807) is 33.8 Å². The van der Waals surface area contributed by atoms with Crippen molar-refractivity contribution in [3.8, 4) is 22.6 Å². The first-order valence-corrected chi connectivity index (χ1v) is 16.2. The van der Waals surface area contributed by atoms with Crippen molar-refractivity contribution >= 4 is 16.9 Å². The zero-order valence-electron chi connectivity index (χ0n) is 29.4. The highest BCUT2D eigenvalue weighted by molar-refractivity contribution is 5.84. The molecule has 0 radical (unpaired) electrons. The average Bonchev–Trinajstić information content (AvgIpc) is 2.96. The van der Waals surface area contributed by atoms with Crippen molar-refractivity contribution in [2.75, 3.05) is 13.2 Å². The van der Waals surface area contributed by atoms with Crippen molar-refractivity contribution in [3.63, 3.8) is 0 Å². The van der Waals surface area contributed by atoms with Gasteiger partial charge in [0.15, 0.2) is 0 Å². The van der Waals surface area contributed by atoms with Gasteiger partial charge in [-0.15, -0.1) is 13.2 Å². The van der Waals surface area contributed by atoms with Crippen molar-refractivity contribution in [2.45, 2.75) is 104 Å². The van der Waals surface area contributed by atoms with Crippen LogP contribution in [0.3, 0.4) is 0 Å². The number of benzene rings is 2. The number of alkyl halides is 6. The predicted octanol–water partition coefficient (Wildman–Crippen LogP) is 8.45. The maximum Gasteiger partial charge on any atom is 0.573 e. The number of rotatable bonds is 15. The molecule has 14 heteroatoms. The molecule has 278 valence electrons. The molecular weight excluding hydrogens is 670 g/mol. The Bertz CT molecular complexity index is 1710. The fourth-order valence-corrected chi connectivity index (χ4v) is 5.41. The lowest BCUT2D eigenvalue weighted by molar-refractivity contribution is -0.274. The van der Waals surface area contributed by atoms with Gasteiger partial charge in [0.2, 0.25) is 0 Å². The normalized spacial score (nSPS) is 15.3. The lowest BCUT2D eigenvalue weighted by Crippen LogP contribution is -2.58. The maximum absolute atomic E-state index is 14.4. The molecule has 2 aromatic carbocycles. The Balaban J connectivity index is 1.88. The van der Waals surface area contributed by atoms with Gasteiger partial charge < -0.3 is 30.1 Å². The number of hydrogen-bond acceptors (Lipinski definition) is 8. The largest absolute Gasteiger partial charge is 0.573 e. The molecule has 0 amide bonds. The highest BCUT2D eigenvalue weighted by Crippen LogP contribution is 2.42. The van der Waals surface area contributed by atoms with Gasteiger partial charge in [-0.05, 0) is 90.6 Å². The standard InChI is InChI=1S/C36H46F6N2O6/c1-8-9-10-11-22-12-15-25(28(16-22)50-36(40,41)42)26-17-23-13-14-24(18-27(23)49-29(26)45)47-20-33(6,35(37,38)39)21-48-30(46)34(7,32(4,5)44)19-31(2,3)43/h12-18H,8-11,19-21,43-44H2,1-7H3/t33-,34?/m1/s1. The van der Waals surface area contributed by atoms with Crippen LogP contribution in [-0.4, -0.2) is 42.8 Å². The first kappa shape index (κ1) is 40.6. The van der Waals surface area contributed by atoms with Gasteiger partial charge in [0.1, 0.15) is 35.7 Å². The zero-order chi connectivity index (χ0) is 37.9. The number of carbonyl (C=O) groups excluding carboxylic acids is 1. The lowest BCUT2D eigenvalue weighted by Gasteiger charge is -2.43. The molecule has 4 N–H and O–H groups in total. The van der Waals surface area contributed by atoms with E-state index in [9.17, 15) is 35.9 Å². The summed E-state index contributed by atoms with van der Waals surface area (Å²) in [6, 6.07) is 9.40. The molecule has 1 heterocycles. The van der Waals surface area contributed by atoms with Crippen LogP contribution in [0.25, 0.3) is 22.1 Å². The minimum Gasteiger partial charge on any atom is -0.492 e. The van der Waals surface area contributed by atoms with Gasteiger partial charge in [-0.25, -0.2) is 4.79 Å². The molecule has 0 fully saturated rings. The Morgan fingerprint density at radius 1 is 0.840 bits per heavy atom. The van der Waals surface area contributed by atoms with Gasteiger partial charge in [0.05, 0.1) is 11.0 Å². The smallest absolute Gasteiger partial charge is 0.492 e. The molecule has 8 nitrogen and oxygen atoms in total. The summed E-state index contributed by atoms with van der Waals surface area (Å²) >= 11 is 0. The maximum atomic E-state index is 14.4. The van der Waals surface area contributed by atoms with Crippen molar-refractivity contribution < 1.29 is 49.8 Å². The molecule has 0 aliphatic rings. The quantitative estimate of drug-likeness (QED) is 0.0695. The van der Waals surface area contributed by atoms with E-state index in [2.05, 4.69) is 4.74 Å². The van der Waals surface area contributed by atoms with Crippen LogP contribution >= 0.6 is 0 Å². The van der Waals surface area contributed by atoms with Gasteiger partial charge in [-0.2, -0.15) is 13.2 Å². The van der Waals surface area contributed by atoms with Gasteiger partial charge in [-0.1, -0.05) is 31.9 Å². The average molecular weight is 717 g/mol. The molecule has 3 rings (SSSR count). The van der Waals surface area contributed by atoms with Crippen molar-refractivity contribution in [2.24, 2.45) is 22.3 Å². The van der Waals surface area contributed by atoms with Crippen LogP contribution in [0.1, 0.15) is 79.7 Å². The van der Waals surface area contributed by atoms with Gasteiger partial charge in [0, 0.05) is 28.1 Å². The Kier molecular flexibility index (Phi) is 12.1. The van der Waals surface area contributed by atoms with E-state index in [0.717, 1.165) is 26.2 Å². The summed E-state index contributed by atoms with van der Waals surface area (Å²) in [7, 11) is 0. The lowest BCUT2D eigenvalue weighted by atomic mass is 9.67. The zero-order valence-corrected chi connectivity index (χ0v) is 29.4. The van der Waals surface area contributed by atoms with E-state index in [0.29, 0.717) is 12.0 Å². The molecular formula is C36H46F6N2O6. The molecule has 50 heavy (non-hydrogen) atoms. The van der Waals surface area contributed by atoms with E-state index in [1.165, 1.54) is 43.3 Å². The minimum absolute atomic E-state index is 0.0343. The molecule has 0 saturated heterocycles. The third-order valence-electron chi connectivity index (χ3n) is 8.78. The van der Waals surface area contributed by atoms with E-state index in [-0.39, 0.29) is 34.3 Å². The van der Waals surface area contributed by atoms with Crippen LogP contribution < -0.4 is 26.6 Å². The molecule has 3 aromatic rings. The Morgan fingerprint density at radius 3 is 2.06 bits per heavy atom. The number of halogens is 6. The van der Waals surface area contributed by atoms with Gasteiger partial charge in [0.25, 0.3) is 0 Å².